The van der Waals surface area contributed by atoms with Crippen molar-refractivity contribution in [2.75, 3.05) is 39.8 Å². The molecule has 3 rings (SSSR count). The molecule has 0 saturated carbocycles. The number of hydrogen-bond acceptors (Lipinski definition) is 5. The first-order chi connectivity index (χ1) is 13.5. The molecule has 1 fully saturated rings. The van der Waals surface area contributed by atoms with Crippen LogP contribution in [-0.4, -0.2) is 60.6 Å². The molecule has 1 atom stereocenters. The van der Waals surface area contributed by atoms with Crippen LogP contribution in [0.5, 0.6) is 5.75 Å². The van der Waals surface area contributed by atoms with Crippen LogP contribution in [0.15, 0.2) is 42.6 Å². The number of rotatable bonds is 7. The molecule has 3 N–H and O–H groups in total. The summed E-state index contributed by atoms with van der Waals surface area (Å²) in [5.74, 6) is 0.232. The first-order valence-corrected chi connectivity index (χ1v) is 9.30. The monoisotopic (exact) mass is 387 g/mol. The molecule has 150 valence electrons. The Kier molecular flexibility index (Phi) is 6.78. The van der Waals surface area contributed by atoms with Gasteiger partial charge in [-0.2, -0.15) is 0 Å². The Morgan fingerprint density at radius 1 is 1.29 bits per heavy atom. The quantitative estimate of drug-likeness (QED) is 0.756. The van der Waals surface area contributed by atoms with E-state index in [9.17, 15) is 9.18 Å². The first-order valence-electron chi connectivity index (χ1n) is 9.30. The summed E-state index contributed by atoms with van der Waals surface area (Å²) in [5.41, 5.74) is 6.73. The zero-order valence-electron chi connectivity index (χ0n) is 16.0. The first kappa shape index (κ1) is 20.0. The zero-order chi connectivity index (χ0) is 19.9. The predicted octanol–water partition coefficient (Wildman–Crippen LogP) is 1.76. The summed E-state index contributed by atoms with van der Waals surface area (Å²) < 4.78 is 19.3. The number of aromatic nitrogens is 1. The molecule has 1 aromatic heterocycles. The Labute approximate surface area is 164 Å². The van der Waals surface area contributed by atoms with Crippen LogP contribution >= 0.6 is 0 Å². The molecule has 2 amide bonds. The van der Waals surface area contributed by atoms with Crippen LogP contribution in [0, 0.1) is 5.82 Å². The highest BCUT2D eigenvalue weighted by atomic mass is 19.1. The minimum absolute atomic E-state index is 0.203. The summed E-state index contributed by atoms with van der Waals surface area (Å²) in [6.07, 6.45) is 1.66. The molecule has 0 bridgehead atoms. The SMILES string of the molecule is CN1CCN(CC(NC(N)=O)c2ncccc2OCc2cccc(F)c2)CC1. The molecule has 0 aliphatic carbocycles. The van der Waals surface area contributed by atoms with Crippen molar-refractivity contribution in [3.63, 3.8) is 0 Å². The summed E-state index contributed by atoms with van der Waals surface area (Å²) in [7, 11) is 2.09. The highest BCUT2D eigenvalue weighted by molar-refractivity contribution is 5.72. The smallest absolute Gasteiger partial charge is 0.312 e. The topological polar surface area (TPSA) is 83.7 Å². The van der Waals surface area contributed by atoms with Crippen LogP contribution in [0.4, 0.5) is 9.18 Å². The number of hydrogen-bond donors (Lipinski definition) is 2. The Morgan fingerprint density at radius 3 is 2.79 bits per heavy atom. The van der Waals surface area contributed by atoms with Crippen LogP contribution in [0.25, 0.3) is 0 Å². The van der Waals surface area contributed by atoms with Gasteiger partial charge in [0.1, 0.15) is 23.9 Å². The van der Waals surface area contributed by atoms with Crippen LogP contribution < -0.4 is 15.8 Å². The molecular formula is C20H26FN5O2. The highest BCUT2D eigenvalue weighted by Crippen LogP contribution is 2.25. The van der Waals surface area contributed by atoms with Gasteiger partial charge in [-0.1, -0.05) is 12.1 Å². The molecule has 0 radical (unpaired) electrons. The van der Waals surface area contributed by atoms with Crippen molar-refractivity contribution in [1.82, 2.24) is 20.1 Å². The molecule has 2 heterocycles. The lowest BCUT2D eigenvalue weighted by Crippen LogP contribution is -2.48. The third kappa shape index (κ3) is 5.64. The lowest BCUT2D eigenvalue weighted by molar-refractivity contribution is 0.141. The second-order valence-corrected chi connectivity index (χ2v) is 6.97. The van der Waals surface area contributed by atoms with E-state index < -0.39 is 12.1 Å². The number of benzene rings is 1. The van der Waals surface area contributed by atoms with E-state index in [2.05, 4.69) is 27.1 Å². The average Bonchev–Trinajstić information content (AvgIpc) is 2.67. The molecule has 8 heteroatoms. The fourth-order valence-corrected chi connectivity index (χ4v) is 3.24. The van der Waals surface area contributed by atoms with Crippen molar-refractivity contribution in [2.24, 2.45) is 5.73 Å². The minimum atomic E-state index is -0.610. The van der Waals surface area contributed by atoms with Crippen molar-refractivity contribution in [1.29, 1.82) is 0 Å². The van der Waals surface area contributed by atoms with E-state index in [1.165, 1.54) is 12.1 Å². The van der Waals surface area contributed by atoms with Gasteiger partial charge in [-0.3, -0.25) is 9.88 Å². The van der Waals surface area contributed by atoms with Crippen molar-refractivity contribution in [2.45, 2.75) is 12.6 Å². The highest BCUT2D eigenvalue weighted by Gasteiger charge is 2.24. The van der Waals surface area contributed by atoms with Crippen LogP contribution in [-0.2, 0) is 6.61 Å². The van der Waals surface area contributed by atoms with Gasteiger partial charge in [-0.25, -0.2) is 9.18 Å². The van der Waals surface area contributed by atoms with Crippen molar-refractivity contribution < 1.29 is 13.9 Å². The van der Waals surface area contributed by atoms with E-state index in [-0.39, 0.29) is 12.4 Å². The standard InChI is InChI=1S/C20H26FN5O2/c1-25-8-10-26(11-9-25)13-17(24-20(22)27)19-18(6-3-7-23-19)28-14-15-4-2-5-16(21)12-15/h2-7,12,17H,8-11,13-14H2,1H3,(H3,22,24,27). The lowest BCUT2D eigenvalue weighted by atomic mass is 10.1. The Balaban J connectivity index is 1.74. The van der Waals surface area contributed by atoms with Crippen molar-refractivity contribution in [3.8, 4) is 5.75 Å². The predicted molar refractivity (Wildman–Crippen MR) is 104 cm³/mol. The van der Waals surface area contributed by atoms with Gasteiger partial charge in [-0.15, -0.1) is 0 Å². The van der Waals surface area contributed by atoms with E-state index in [0.29, 0.717) is 23.6 Å². The van der Waals surface area contributed by atoms with E-state index in [1.807, 2.05) is 0 Å². The largest absolute Gasteiger partial charge is 0.487 e. The number of piperazine rings is 1. The van der Waals surface area contributed by atoms with Crippen LogP contribution in [0.1, 0.15) is 17.3 Å². The van der Waals surface area contributed by atoms with Crippen LogP contribution in [0.2, 0.25) is 0 Å². The third-order valence-corrected chi connectivity index (χ3v) is 4.77. The number of ether oxygens (including phenoxy) is 1. The molecule has 1 aliphatic heterocycles. The van der Waals surface area contributed by atoms with Gasteiger partial charge in [0, 0.05) is 38.9 Å². The molecule has 7 nitrogen and oxygen atoms in total. The number of nitrogens with zero attached hydrogens (tertiary/aromatic N) is 3. The number of amides is 2. The summed E-state index contributed by atoms with van der Waals surface area (Å²) in [4.78, 5) is 20.5. The van der Waals surface area contributed by atoms with Gasteiger partial charge in [-0.05, 0) is 36.9 Å². The molecule has 1 saturated heterocycles. The number of likely N-dealkylation sites (N-methyl/N-ethyl adjacent to an activating group) is 1. The molecule has 1 aliphatic rings. The summed E-state index contributed by atoms with van der Waals surface area (Å²) in [6, 6.07) is 8.81. The van der Waals surface area contributed by atoms with E-state index in [4.69, 9.17) is 10.5 Å². The number of halogens is 1. The van der Waals surface area contributed by atoms with Gasteiger partial charge < -0.3 is 20.7 Å². The number of carbonyl (C=O) groups excluding carboxylic acids is 1. The van der Waals surface area contributed by atoms with Gasteiger partial charge in [0.15, 0.2) is 0 Å². The number of pyridine rings is 1. The zero-order valence-corrected chi connectivity index (χ0v) is 16.0. The fraction of sp³-hybridized carbons (Fsp3) is 0.400. The van der Waals surface area contributed by atoms with Gasteiger partial charge in [0.25, 0.3) is 0 Å². The lowest BCUT2D eigenvalue weighted by Gasteiger charge is -2.34. The maximum atomic E-state index is 13.4. The Hall–Kier alpha value is -2.71. The Bertz CT molecular complexity index is 796. The second-order valence-electron chi connectivity index (χ2n) is 6.97. The van der Waals surface area contributed by atoms with Crippen LogP contribution in [0.3, 0.4) is 0 Å². The number of primary amides is 1. The molecule has 0 spiro atoms. The van der Waals surface area contributed by atoms with E-state index in [0.717, 1.165) is 26.2 Å². The molecular weight excluding hydrogens is 361 g/mol. The maximum Gasteiger partial charge on any atom is 0.312 e. The van der Waals surface area contributed by atoms with Crippen molar-refractivity contribution in [3.05, 3.63) is 59.7 Å². The summed E-state index contributed by atoms with van der Waals surface area (Å²) in [6.45, 7) is 4.53. The average molecular weight is 387 g/mol. The second kappa shape index (κ2) is 9.48. The van der Waals surface area contributed by atoms with E-state index in [1.54, 1.807) is 30.5 Å². The number of carbonyl (C=O) groups is 1. The normalized spacial score (nSPS) is 16.5. The minimum Gasteiger partial charge on any atom is -0.487 e. The molecule has 2 aromatic rings. The Morgan fingerprint density at radius 2 is 2.07 bits per heavy atom. The van der Waals surface area contributed by atoms with Gasteiger partial charge >= 0.3 is 6.03 Å². The van der Waals surface area contributed by atoms with E-state index >= 15 is 0 Å². The molecule has 1 aromatic carbocycles. The fourth-order valence-electron chi connectivity index (χ4n) is 3.24. The maximum absolute atomic E-state index is 13.4. The number of nitrogens with two attached hydrogens (primary N) is 1. The molecule has 28 heavy (non-hydrogen) atoms. The molecule has 1 unspecified atom stereocenters. The number of urea groups is 1. The summed E-state index contributed by atoms with van der Waals surface area (Å²) >= 11 is 0. The summed E-state index contributed by atoms with van der Waals surface area (Å²) in [5, 5.41) is 2.78. The van der Waals surface area contributed by atoms with Gasteiger partial charge in [0.2, 0.25) is 0 Å². The van der Waals surface area contributed by atoms with Gasteiger partial charge in [0.05, 0.1) is 6.04 Å². The van der Waals surface area contributed by atoms with Crippen molar-refractivity contribution >= 4 is 6.03 Å². The third-order valence-electron chi connectivity index (χ3n) is 4.77. The number of nitrogens with one attached hydrogen (secondary N) is 1.